The summed E-state index contributed by atoms with van der Waals surface area (Å²) in [5.41, 5.74) is 9.98. The molecule has 2 aliphatic heterocycles. The highest BCUT2D eigenvalue weighted by atomic mass is 35.5. The maximum Gasteiger partial charge on any atom is 0.105 e. The number of H-pyrrole nitrogens is 1. The van der Waals surface area contributed by atoms with E-state index in [0.29, 0.717) is 0 Å². The molecule has 0 fully saturated rings. The third-order valence-electron chi connectivity index (χ3n) is 7.25. The minimum absolute atomic E-state index is 0.0113. The van der Waals surface area contributed by atoms with Gasteiger partial charge in [0, 0.05) is 42.0 Å². The van der Waals surface area contributed by atoms with Crippen LogP contribution in [0.2, 0.25) is 5.02 Å². The Morgan fingerprint density at radius 1 is 0.943 bits per heavy atom. The predicted octanol–water partition coefficient (Wildman–Crippen LogP) is 7.66. The first-order chi connectivity index (χ1) is 17.2. The van der Waals surface area contributed by atoms with Gasteiger partial charge in [-0.25, -0.2) is 0 Å². The minimum atomic E-state index is -0.0113. The SMILES string of the molecule is CCc1cccc(CC)c1N1C(c2ccc(Cl)c3[nH]ccc23)C2=C(CCN=C2)N1c1ccccc1. The largest absolute Gasteiger partial charge is 0.360 e. The molecule has 0 aliphatic carbocycles. The van der Waals surface area contributed by atoms with Gasteiger partial charge in [-0.2, -0.15) is 0 Å². The summed E-state index contributed by atoms with van der Waals surface area (Å²) in [5.74, 6) is 0. The van der Waals surface area contributed by atoms with Gasteiger partial charge in [-0.1, -0.05) is 67.9 Å². The molecule has 1 atom stereocenters. The number of hydrogen-bond donors (Lipinski definition) is 1. The summed E-state index contributed by atoms with van der Waals surface area (Å²) in [5, 5.41) is 6.88. The Morgan fingerprint density at radius 3 is 2.46 bits per heavy atom. The van der Waals surface area contributed by atoms with Gasteiger partial charge in [0.25, 0.3) is 0 Å². The van der Waals surface area contributed by atoms with E-state index < -0.39 is 0 Å². The summed E-state index contributed by atoms with van der Waals surface area (Å²) in [4.78, 5) is 8.10. The van der Waals surface area contributed by atoms with E-state index in [2.05, 4.69) is 95.7 Å². The van der Waals surface area contributed by atoms with Crippen molar-refractivity contribution in [3.05, 3.63) is 106 Å². The summed E-state index contributed by atoms with van der Waals surface area (Å²) < 4.78 is 0. The lowest BCUT2D eigenvalue weighted by molar-refractivity contribution is 0.745. The molecule has 6 rings (SSSR count). The third-order valence-corrected chi connectivity index (χ3v) is 7.56. The van der Waals surface area contributed by atoms with Gasteiger partial charge in [-0.15, -0.1) is 0 Å². The highest BCUT2D eigenvalue weighted by Gasteiger charge is 2.42. The molecule has 0 bridgehead atoms. The summed E-state index contributed by atoms with van der Waals surface area (Å²) >= 11 is 6.59. The van der Waals surface area contributed by atoms with Crippen LogP contribution in [-0.4, -0.2) is 17.7 Å². The molecule has 4 aromatic rings. The molecule has 35 heavy (non-hydrogen) atoms. The summed E-state index contributed by atoms with van der Waals surface area (Å²) in [6.07, 6.45) is 6.93. The number of aromatic nitrogens is 1. The van der Waals surface area contributed by atoms with E-state index in [0.717, 1.165) is 41.7 Å². The summed E-state index contributed by atoms with van der Waals surface area (Å²) in [6.45, 7) is 5.30. The van der Waals surface area contributed by atoms with Crippen LogP contribution in [0.25, 0.3) is 10.9 Å². The zero-order chi connectivity index (χ0) is 23.9. The molecule has 176 valence electrons. The molecule has 2 aliphatic rings. The Kier molecular flexibility index (Phi) is 5.62. The Labute approximate surface area is 211 Å². The van der Waals surface area contributed by atoms with E-state index in [1.54, 1.807) is 0 Å². The van der Waals surface area contributed by atoms with Crippen molar-refractivity contribution >= 4 is 40.1 Å². The number of nitrogens with one attached hydrogen (secondary N) is 1. The number of hydrazine groups is 1. The predicted molar refractivity (Wildman–Crippen MR) is 148 cm³/mol. The third kappa shape index (κ3) is 3.47. The monoisotopic (exact) mass is 480 g/mol. The molecular formula is C30H29ClN4. The molecule has 4 nitrogen and oxygen atoms in total. The van der Waals surface area contributed by atoms with Crippen molar-refractivity contribution in [1.29, 1.82) is 0 Å². The van der Waals surface area contributed by atoms with Gasteiger partial charge in [0.2, 0.25) is 0 Å². The normalized spacial score (nSPS) is 17.5. The molecule has 0 saturated carbocycles. The van der Waals surface area contributed by atoms with E-state index in [4.69, 9.17) is 16.6 Å². The molecule has 0 spiro atoms. The molecular weight excluding hydrogens is 452 g/mol. The molecule has 0 amide bonds. The van der Waals surface area contributed by atoms with Crippen molar-refractivity contribution < 1.29 is 0 Å². The van der Waals surface area contributed by atoms with Gasteiger partial charge in [-0.3, -0.25) is 15.0 Å². The van der Waals surface area contributed by atoms with Crippen molar-refractivity contribution in [1.82, 2.24) is 4.98 Å². The number of aromatic amines is 1. The lowest BCUT2D eigenvalue weighted by atomic mass is 9.93. The fourth-order valence-electron chi connectivity index (χ4n) is 5.66. The van der Waals surface area contributed by atoms with Gasteiger partial charge in [0.1, 0.15) is 6.04 Å². The average molecular weight is 481 g/mol. The van der Waals surface area contributed by atoms with Crippen molar-refractivity contribution in [2.45, 2.75) is 39.2 Å². The molecule has 5 heteroatoms. The lowest BCUT2D eigenvalue weighted by Crippen LogP contribution is -2.41. The van der Waals surface area contributed by atoms with Crippen LogP contribution in [-0.2, 0) is 12.8 Å². The molecule has 0 saturated heterocycles. The number of rotatable bonds is 5. The van der Waals surface area contributed by atoms with Gasteiger partial charge < -0.3 is 4.98 Å². The van der Waals surface area contributed by atoms with Crippen molar-refractivity contribution in [2.75, 3.05) is 16.6 Å². The fourth-order valence-corrected chi connectivity index (χ4v) is 5.87. The van der Waals surface area contributed by atoms with Crippen LogP contribution >= 0.6 is 11.6 Å². The van der Waals surface area contributed by atoms with Crippen molar-refractivity contribution in [3.63, 3.8) is 0 Å². The van der Waals surface area contributed by atoms with Crippen LogP contribution in [0.15, 0.2) is 89.2 Å². The topological polar surface area (TPSA) is 34.6 Å². The second-order valence-corrected chi connectivity index (χ2v) is 9.52. The van der Waals surface area contributed by atoms with E-state index >= 15 is 0 Å². The van der Waals surface area contributed by atoms with E-state index in [1.165, 1.54) is 39.3 Å². The summed E-state index contributed by atoms with van der Waals surface area (Å²) in [7, 11) is 0. The summed E-state index contributed by atoms with van der Waals surface area (Å²) in [6, 6.07) is 23.8. The number of para-hydroxylation sites is 2. The highest BCUT2D eigenvalue weighted by Crippen LogP contribution is 2.50. The van der Waals surface area contributed by atoms with Gasteiger partial charge in [0.05, 0.1) is 21.9 Å². The van der Waals surface area contributed by atoms with Crippen LogP contribution < -0.4 is 10.0 Å². The van der Waals surface area contributed by atoms with Gasteiger partial charge in [0.15, 0.2) is 0 Å². The molecule has 1 aromatic heterocycles. The smallest absolute Gasteiger partial charge is 0.105 e. The van der Waals surface area contributed by atoms with Gasteiger partial charge >= 0.3 is 0 Å². The Hall–Kier alpha value is -3.50. The van der Waals surface area contributed by atoms with Crippen molar-refractivity contribution in [2.24, 2.45) is 4.99 Å². The number of hydrogen-bond acceptors (Lipinski definition) is 3. The van der Waals surface area contributed by atoms with E-state index in [1.807, 2.05) is 12.3 Å². The number of nitrogens with zero attached hydrogens (tertiary/aromatic N) is 3. The van der Waals surface area contributed by atoms with E-state index in [-0.39, 0.29) is 6.04 Å². The molecule has 3 heterocycles. The lowest BCUT2D eigenvalue weighted by Gasteiger charge is -2.40. The first-order valence-corrected chi connectivity index (χ1v) is 12.8. The molecule has 3 aromatic carbocycles. The minimum Gasteiger partial charge on any atom is -0.360 e. The number of benzene rings is 3. The van der Waals surface area contributed by atoms with Crippen molar-refractivity contribution in [3.8, 4) is 0 Å². The van der Waals surface area contributed by atoms with Crippen LogP contribution in [0.4, 0.5) is 11.4 Å². The van der Waals surface area contributed by atoms with Crippen LogP contribution in [0.1, 0.15) is 43.0 Å². The second kappa shape index (κ2) is 8.94. The highest BCUT2D eigenvalue weighted by molar-refractivity contribution is 6.35. The first kappa shape index (κ1) is 22.0. The molecule has 0 radical (unpaired) electrons. The van der Waals surface area contributed by atoms with Crippen LogP contribution in [0.5, 0.6) is 0 Å². The number of aliphatic imine (C=N–C) groups is 1. The Bertz CT molecular complexity index is 1430. The standard InChI is InChI=1S/C30H29ClN4/c1-3-20-9-8-10-21(4-2)29(20)35-30(24-13-14-26(31)28-23(24)15-18-33-28)25-19-32-17-16-27(25)34(35)22-11-6-5-7-12-22/h5-15,18-19,30,33H,3-4,16-17H2,1-2H3. The van der Waals surface area contributed by atoms with E-state index in [9.17, 15) is 0 Å². The zero-order valence-electron chi connectivity index (χ0n) is 20.1. The maximum atomic E-state index is 6.59. The van der Waals surface area contributed by atoms with Crippen LogP contribution in [0, 0.1) is 0 Å². The zero-order valence-corrected chi connectivity index (χ0v) is 20.9. The Balaban J connectivity index is 1.68. The number of dihydropyridines is 1. The fraction of sp³-hybridized carbons (Fsp3) is 0.233. The quantitative estimate of drug-likeness (QED) is 0.318. The van der Waals surface area contributed by atoms with Gasteiger partial charge in [-0.05, 0) is 53.8 Å². The number of aryl methyl sites for hydroxylation is 2. The number of fused-ring (bicyclic) bond motifs is 1. The maximum absolute atomic E-state index is 6.59. The number of anilines is 2. The molecule has 1 unspecified atom stereocenters. The molecule has 1 N–H and O–H groups in total. The Morgan fingerprint density at radius 2 is 1.71 bits per heavy atom. The number of halogens is 1. The van der Waals surface area contributed by atoms with Crippen LogP contribution in [0.3, 0.4) is 0 Å². The average Bonchev–Trinajstić information content (AvgIpc) is 3.53. The second-order valence-electron chi connectivity index (χ2n) is 9.12. The first-order valence-electron chi connectivity index (χ1n) is 12.5.